The molecule has 0 aliphatic carbocycles. The van der Waals surface area contributed by atoms with Gasteiger partial charge in [-0.2, -0.15) is 5.26 Å². The summed E-state index contributed by atoms with van der Waals surface area (Å²) in [4.78, 5) is 15.7. The van der Waals surface area contributed by atoms with Crippen molar-refractivity contribution in [1.29, 1.82) is 5.26 Å². The Morgan fingerprint density at radius 1 is 1.21 bits per heavy atom. The molecule has 1 aromatic heterocycles. The Labute approximate surface area is 163 Å². The minimum absolute atomic E-state index is 0.00507. The van der Waals surface area contributed by atoms with Gasteiger partial charge in [-0.3, -0.25) is 4.79 Å². The molecule has 0 bridgehead atoms. The van der Waals surface area contributed by atoms with Gasteiger partial charge in [0.15, 0.2) is 0 Å². The number of carbonyl (C=O) groups is 1. The topological polar surface area (TPSA) is 87.1 Å². The first-order chi connectivity index (χ1) is 13.7. The Hall–Kier alpha value is -3.72. The van der Waals surface area contributed by atoms with Crippen molar-refractivity contribution in [3.05, 3.63) is 65.4 Å². The maximum absolute atomic E-state index is 12.4. The van der Waals surface area contributed by atoms with Crippen molar-refractivity contribution in [1.82, 2.24) is 10.3 Å². The zero-order valence-corrected chi connectivity index (χ0v) is 15.8. The molecule has 0 atom stereocenters. The summed E-state index contributed by atoms with van der Waals surface area (Å²) in [7, 11) is 3.09. The number of aromatic amines is 1. The first-order valence-corrected chi connectivity index (χ1v) is 8.83. The molecule has 1 amide bonds. The lowest BCUT2D eigenvalue weighted by molar-refractivity contribution is -0.117. The average molecular weight is 375 g/mol. The fourth-order valence-corrected chi connectivity index (χ4v) is 3.00. The molecule has 0 aliphatic rings. The molecule has 0 unspecified atom stereocenters. The second-order valence-electron chi connectivity index (χ2n) is 6.14. The number of amides is 1. The van der Waals surface area contributed by atoms with Crippen molar-refractivity contribution in [2.45, 2.75) is 6.42 Å². The van der Waals surface area contributed by atoms with Crippen LogP contribution in [0.5, 0.6) is 11.5 Å². The lowest BCUT2D eigenvalue weighted by Gasteiger charge is -2.08. The average Bonchev–Trinajstić information content (AvgIpc) is 3.14. The second-order valence-corrected chi connectivity index (χ2v) is 6.14. The zero-order chi connectivity index (χ0) is 19.9. The molecule has 3 rings (SSSR count). The molecule has 2 aromatic carbocycles. The minimum atomic E-state index is -0.424. The van der Waals surface area contributed by atoms with Crippen LogP contribution in [0.25, 0.3) is 17.0 Å². The number of nitrogens with zero attached hydrogens (tertiary/aromatic N) is 1. The number of benzene rings is 2. The molecule has 6 nitrogen and oxygen atoms in total. The number of ether oxygens (including phenoxy) is 2. The van der Waals surface area contributed by atoms with Crippen LogP contribution in [0.1, 0.15) is 11.1 Å². The van der Waals surface area contributed by atoms with Gasteiger partial charge in [0.1, 0.15) is 23.1 Å². The normalized spacial score (nSPS) is 11.1. The highest BCUT2D eigenvalue weighted by Gasteiger charge is 2.12. The zero-order valence-electron chi connectivity index (χ0n) is 15.8. The molecule has 3 aromatic rings. The summed E-state index contributed by atoms with van der Waals surface area (Å²) in [6.45, 7) is 0.426. The largest absolute Gasteiger partial charge is 0.497 e. The number of hydrogen-bond acceptors (Lipinski definition) is 4. The third kappa shape index (κ3) is 4.15. The van der Waals surface area contributed by atoms with E-state index in [0.29, 0.717) is 30.0 Å². The molecule has 1 heterocycles. The van der Waals surface area contributed by atoms with Crippen molar-refractivity contribution >= 4 is 22.9 Å². The molecule has 0 radical (unpaired) electrons. The van der Waals surface area contributed by atoms with Crippen LogP contribution < -0.4 is 14.8 Å². The summed E-state index contributed by atoms with van der Waals surface area (Å²) in [5, 5.41) is 13.4. The standard InChI is InChI=1S/C22H21N3O3/c1-27-18-7-8-21(28-2)16(12-18)11-17(13-23)22(26)24-10-9-15-14-25-20-6-4-3-5-19(15)20/h3-8,11-12,14,25H,9-10H2,1-2H3,(H,24,26)/b17-11-. The molecule has 28 heavy (non-hydrogen) atoms. The number of methoxy groups -OCH3 is 2. The minimum Gasteiger partial charge on any atom is -0.497 e. The molecule has 2 N–H and O–H groups in total. The molecule has 6 heteroatoms. The van der Waals surface area contributed by atoms with Gasteiger partial charge in [-0.05, 0) is 42.3 Å². The van der Waals surface area contributed by atoms with Gasteiger partial charge in [-0.1, -0.05) is 18.2 Å². The van der Waals surface area contributed by atoms with E-state index in [1.54, 1.807) is 25.3 Å². The van der Waals surface area contributed by atoms with Crippen molar-refractivity contribution in [2.24, 2.45) is 0 Å². The predicted molar refractivity (Wildman–Crippen MR) is 108 cm³/mol. The quantitative estimate of drug-likeness (QED) is 0.489. The van der Waals surface area contributed by atoms with Crippen LogP contribution in [0.3, 0.4) is 0 Å². The first-order valence-electron chi connectivity index (χ1n) is 8.83. The lowest BCUT2D eigenvalue weighted by Crippen LogP contribution is -2.26. The number of hydrogen-bond donors (Lipinski definition) is 2. The van der Waals surface area contributed by atoms with E-state index >= 15 is 0 Å². The molecule has 142 valence electrons. The summed E-state index contributed by atoms with van der Waals surface area (Å²) >= 11 is 0. The number of nitriles is 1. The Balaban J connectivity index is 1.70. The summed E-state index contributed by atoms with van der Waals surface area (Å²) in [5.74, 6) is 0.747. The fourth-order valence-electron chi connectivity index (χ4n) is 3.00. The number of para-hydroxylation sites is 1. The van der Waals surface area contributed by atoms with Crippen LogP contribution in [-0.4, -0.2) is 31.7 Å². The van der Waals surface area contributed by atoms with E-state index in [1.165, 1.54) is 13.2 Å². The van der Waals surface area contributed by atoms with Crippen LogP contribution in [0.2, 0.25) is 0 Å². The van der Waals surface area contributed by atoms with Crippen LogP contribution in [0.4, 0.5) is 0 Å². The van der Waals surface area contributed by atoms with E-state index in [1.807, 2.05) is 36.5 Å². The van der Waals surface area contributed by atoms with Gasteiger partial charge >= 0.3 is 0 Å². The summed E-state index contributed by atoms with van der Waals surface area (Å²) < 4.78 is 10.5. The third-order valence-electron chi connectivity index (χ3n) is 4.46. The van der Waals surface area contributed by atoms with E-state index in [0.717, 1.165) is 16.5 Å². The highest BCUT2D eigenvalue weighted by molar-refractivity contribution is 6.02. The number of nitrogens with one attached hydrogen (secondary N) is 2. The molecule has 0 spiro atoms. The molecule has 0 saturated heterocycles. The maximum atomic E-state index is 12.4. The highest BCUT2D eigenvalue weighted by Crippen LogP contribution is 2.26. The summed E-state index contributed by atoms with van der Waals surface area (Å²) in [5.41, 5.74) is 2.79. The molecule has 0 aliphatic heterocycles. The van der Waals surface area contributed by atoms with Gasteiger partial charge in [-0.15, -0.1) is 0 Å². The summed E-state index contributed by atoms with van der Waals surface area (Å²) in [6.07, 6.45) is 4.11. The molecular weight excluding hydrogens is 354 g/mol. The van der Waals surface area contributed by atoms with Gasteiger partial charge in [0.25, 0.3) is 5.91 Å². The van der Waals surface area contributed by atoms with Crippen molar-refractivity contribution in [2.75, 3.05) is 20.8 Å². The Morgan fingerprint density at radius 3 is 2.79 bits per heavy atom. The first kappa shape index (κ1) is 19.1. The van der Waals surface area contributed by atoms with Gasteiger partial charge in [0.2, 0.25) is 0 Å². The highest BCUT2D eigenvalue weighted by atomic mass is 16.5. The van der Waals surface area contributed by atoms with Crippen molar-refractivity contribution in [3.8, 4) is 17.6 Å². The van der Waals surface area contributed by atoms with E-state index in [4.69, 9.17) is 9.47 Å². The number of rotatable bonds is 7. The van der Waals surface area contributed by atoms with Crippen LogP contribution in [-0.2, 0) is 11.2 Å². The van der Waals surface area contributed by atoms with Crippen molar-refractivity contribution in [3.63, 3.8) is 0 Å². The molecular formula is C22H21N3O3. The maximum Gasteiger partial charge on any atom is 0.261 e. The van der Waals surface area contributed by atoms with Gasteiger partial charge in [0.05, 0.1) is 14.2 Å². The van der Waals surface area contributed by atoms with Crippen LogP contribution in [0.15, 0.2) is 54.2 Å². The van der Waals surface area contributed by atoms with Gasteiger partial charge in [-0.25, -0.2) is 0 Å². The predicted octanol–water partition coefficient (Wildman–Crippen LogP) is 3.45. The van der Waals surface area contributed by atoms with E-state index in [2.05, 4.69) is 10.3 Å². The number of H-pyrrole nitrogens is 1. The fraction of sp³-hybridized carbons (Fsp3) is 0.182. The Morgan fingerprint density at radius 2 is 2.04 bits per heavy atom. The lowest BCUT2D eigenvalue weighted by atomic mass is 10.1. The van der Waals surface area contributed by atoms with Crippen LogP contribution >= 0.6 is 0 Å². The SMILES string of the molecule is COc1ccc(OC)c(/C=C(/C#N)C(=O)NCCc2c[nH]c3ccccc23)c1. The number of aromatic nitrogens is 1. The summed E-state index contributed by atoms with van der Waals surface area (Å²) in [6, 6.07) is 15.2. The van der Waals surface area contributed by atoms with Gasteiger partial charge < -0.3 is 19.8 Å². The van der Waals surface area contributed by atoms with E-state index < -0.39 is 5.91 Å². The Bertz CT molecular complexity index is 1060. The molecule has 0 saturated carbocycles. The second kappa shape index (κ2) is 8.78. The Kier molecular flexibility index (Phi) is 5.97. The number of carbonyl (C=O) groups excluding carboxylic acids is 1. The third-order valence-corrected chi connectivity index (χ3v) is 4.46. The monoisotopic (exact) mass is 375 g/mol. The smallest absolute Gasteiger partial charge is 0.261 e. The van der Waals surface area contributed by atoms with Crippen molar-refractivity contribution < 1.29 is 14.3 Å². The van der Waals surface area contributed by atoms with E-state index in [9.17, 15) is 10.1 Å². The van der Waals surface area contributed by atoms with Gasteiger partial charge in [0, 0.05) is 29.2 Å². The van der Waals surface area contributed by atoms with Crippen LogP contribution in [0, 0.1) is 11.3 Å². The molecule has 0 fully saturated rings. The number of fused-ring (bicyclic) bond motifs is 1. The van der Waals surface area contributed by atoms with E-state index in [-0.39, 0.29) is 5.57 Å².